The molecule has 2 rings (SSSR count). The number of aromatic nitrogens is 2. The first kappa shape index (κ1) is 16.0. The van der Waals surface area contributed by atoms with Crippen LogP contribution in [0.4, 0.5) is 0 Å². The van der Waals surface area contributed by atoms with Crippen LogP contribution in [0.3, 0.4) is 0 Å². The van der Waals surface area contributed by atoms with E-state index in [2.05, 4.69) is 9.97 Å². The molecule has 0 bridgehead atoms. The highest BCUT2D eigenvalue weighted by atomic mass is 32.2. The van der Waals surface area contributed by atoms with Crippen molar-refractivity contribution in [2.45, 2.75) is 43.7 Å². The Morgan fingerprint density at radius 2 is 2.33 bits per heavy atom. The number of aliphatic hydroxyl groups excluding tert-OH is 1. The molecule has 7 heteroatoms. The van der Waals surface area contributed by atoms with Gasteiger partial charge in [0.15, 0.2) is 0 Å². The molecule has 21 heavy (non-hydrogen) atoms. The van der Waals surface area contributed by atoms with Gasteiger partial charge in [-0.2, -0.15) is 4.98 Å². The van der Waals surface area contributed by atoms with Crippen LogP contribution < -0.4 is 5.69 Å². The molecule has 116 valence electrons. The van der Waals surface area contributed by atoms with Gasteiger partial charge >= 0.3 is 5.69 Å². The van der Waals surface area contributed by atoms with Crippen molar-refractivity contribution in [2.24, 2.45) is 0 Å². The quantitative estimate of drug-likeness (QED) is 0.630. The molecule has 1 aromatic rings. The molecule has 0 aromatic carbocycles. The van der Waals surface area contributed by atoms with Crippen LogP contribution in [0.15, 0.2) is 9.82 Å². The van der Waals surface area contributed by atoms with E-state index in [1.54, 1.807) is 6.92 Å². The number of hydrogen-bond acceptors (Lipinski definition) is 5. The van der Waals surface area contributed by atoms with Gasteiger partial charge in [-0.1, -0.05) is 0 Å². The number of aromatic amines is 1. The molecule has 0 spiro atoms. The van der Waals surface area contributed by atoms with Crippen molar-refractivity contribution in [1.29, 1.82) is 0 Å². The number of carbonyl (C=O) groups excluding carboxylic acids is 1. The molecular formula is C14H21N3O3S. The van der Waals surface area contributed by atoms with E-state index < -0.39 is 5.69 Å². The molecule has 0 radical (unpaired) electrons. The van der Waals surface area contributed by atoms with Crippen molar-refractivity contribution in [3.8, 4) is 0 Å². The molecule has 1 aliphatic rings. The lowest BCUT2D eigenvalue weighted by Crippen LogP contribution is -2.37. The van der Waals surface area contributed by atoms with Crippen LogP contribution >= 0.6 is 11.8 Å². The zero-order valence-electron chi connectivity index (χ0n) is 12.4. The number of amides is 1. The first-order valence-electron chi connectivity index (χ1n) is 7.15. The van der Waals surface area contributed by atoms with E-state index in [4.69, 9.17) is 5.11 Å². The number of carbonyl (C=O) groups is 1. The first-order chi connectivity index (χ1) is 10.1. The first-order valence-corrected chi connectivity index (χ1v) is 8.37. The highest BCUT2D eigenvalue weighted by Crippen LogP contribution is 2.27. The molecule has 1 aromatic heterocycles. The van der Waals surface area contributed by atoms with Gasteiger partial charge in [0.2, 0.25) is 0 Å². The zero-order chi connectivity index (χ0) is 15.4. The van der Waals surface area contributed by atoms with Crippen molar-refractivity contribution in [3.05, 3.63) is 21.7 Å². The Bertz CT molecular complexity index is 573. The maximum atomic E-state index is 12.8. The Labute approximate surface area is 128 Å². The van der Waals surface area contributed by atoms with E-state index in [0.29, 0.717) is 22.7 Å². The SMILES string of the molecule is CSc1nc(=O)[nH]c(C)c1C(=O)N1CCCC1CCCO. The summed E-state index contributed by atoms with van der Waals surface area (Å²) in [5.41, 5.74) is 0.641. The number of rotatable bonds is 5. The number of likely N-dealkylation sites (tertiary alicyclic amines) is 1. The molecule has 1 aliphatic heterocycles. The lowest BCUT2D eigenvalue weighted by atomic mass is 10.1. The van der Waals surface area contributed by atoms with Gasteiger partial charge < -0.3 is 15.0 Å². The van der Waals surface area contributed by atoms with Gasteiger partial charge in [-0.05, 0) is 38.9 Å². The topological polar surface area (TPSA) is 86.3 Å². The Balaban J connectivity index is 2.29. The van der Waals surface area contributed by atoms with Gasteiger partial charge in [0.05, 0.1) is 5.56 Å². The van der Waals surface area contributed by atoms with Crippen LogP contribution in [-0.4, -0.2) is 51.3 Å². The summed E-state index contributed by atoms with van der Waals surface area (Å²) < 4.78 is 0. The number of H-pyrrole nitrogens is 1. The second kappa shape index (κ2) is 7.09. The molecule has 1 amide bonds. The summed E-state index contributed by atoms with van der Waals surface area (Å²) in [6.07, 6.45) is 5.27. The molecule has 2 N–H and O–H groups in total. The van der Waals surface area contributed by atoms with Gasteiger partial charge in [0.1, 0.15) is 5.03 Å². The maximum Gasteiger partial charge on any atom is 0.346 e. The third kappa shape index (κ3) is 3.47. The van der Waals surface area contributed by atoms with Crippen LogP contribution in [0.5, 0.6) is 0 Å². The fourth-order valence-electron chi connectivity index (χ4n) is 2.83. The Morgan fingerprint density at radius 3 is 3.00 bits per heavy atom. The molecule has 2 heterocycles. The van der Waals surface area contributed by atoms with E-state index in [0.717, 1.165) is 25.8 Å². The second-order valence-corrected chi connectivity index (χ2v) is 6.01. The average molecular weight is 311 g/mol. The fraction of sp³-hybridized carbons (Fsp3) is 0.643. The third-order valence-electron chi connectivity index (χ3n) is 3.83. The van der Waals surface area contributed by atoms with Crippen molar-refractivity contribution >= 4 is 17.7 Å². The molecule has 1 fully saturated rings. The summed E-state index contributed by atoms with van der Waals surface area (Å²) in [7, 11) is 0. The number of nitrogens with zero attached hydrogens (tertiary/aromatic N) is 2. The van der Waals surface area contributed by atoms with Gasteiger partial charge in [-0.15, -0.1) is 11.8 Å². The third-order valence-corrected chi connectivity index (χ3v) is 4.51. The van der Waals surface area contributed by atoms with Crippen LogP contribution in [0.2, 0.25) is 0 Å². The van der Waals surface area contributed by atoms with E-state index in [1.165, 1.54) is 11.8 Å². The van der Waals surface area contributed by atoms with Crippen LogP contribution in [0.25, 0.3) is 0 Å². The summed E-state index contributed by atoms with van der Waals surface area (Å²) >= 11 is 1.31. The van der Waals surface area contributed by atoms with E-state index >= 15 is 0 Å². The summed E-state index contributed by atoms with van der Waals surface area (Å²) in [4.78, 5) is 32.6. The molecule has 6 nitrogen and oxygen atoms in total. The minimum atomic E-state index is -0.424. The molecular weight excluding hydrogens is 290 g/mol. The van der Waals surface area contributed by atoms with Crippen molar-refractivity contribution in [1.82, 2.24) is 14.9 Å². The van der Waals surface area contributed by atoms with Crippen molar-refractivity contribution < 1.29 is 9.90 Å². The lowest BCUT2D eigenvalue weighted by Gasteiger charge is -2.25. The number of hydrogen-bond donors (Lipinski definition) is 2. The van der Waals surface area contributed by atoms with Crippen LogP contribution in [0.1, 0.15) is 41.7 Å². The molecule has 0 saturated carbocycles. The summed E-state index contributed by atoms with van der Waals surface area (Å²) in [5, 5.41) is 9.45. The molecule has 1 atom stereocenters. The van der Waals surface area contributed by atoms with Gasteiger partial charge in [0, 0.05) is 24.9 Å². The van der Waals surface area contributed by atoms with E-state index in [-0.39, 0.29) is 18.6 Å². The number of thioether (sulfide) groups is 1. The normalized spacial score (nSPS) is 18.2. The summed E-state index contributed by atoms with van der Waals surface area (Å²) in [6.45, 7) is 2.60. The highest BCUT2D eigenvalue weighted by molar-refractivity contribution is 7.98. The van der Waals surface area contributed by atoms with E-state index in [9.17, 15) is 9.59 Å². The fourth-order valence-corrected chi connectivity index (χ4v) is 3.45. The van der Waals surface area contributed by atoms with Crippen molar-refractivity contribution in [2.75, 3.05) is 19.4 Å². The second-order valence-electron chi connectivity index (χ2n) is 5.21. The molecule has 1 saturated heterocycles. The Hall–Kier alpha value is -1.34. The van der Waals surface area contributed by atoms with Gasteiger partial charge in [-0.3, -0.25) is 4.79 Å². The smallest absolute Gasteiger partial charge is 0.346 e. The van der Waals surface area contributed by atoms with Gasteiger partial charge in [-0.25, -0.2) is 4.79 Å². The number of aliphatic hydroxyl groups is 1. The lowest BCUT2D eigenvalue weighted by molar-refractivity contribution is 0.0718. The van der Waals surface area contributed by atoms with Gasteiger partial charge in [0.25, 0.3) is 5.91 Å². The molecule has 1 unspecified atom stereocenters. The minimum Gasteiger partial charge on any atom is -0.396 e. The summed E-state index contributed by atoms with van der Waals surface area (Å²) in [6, 6.07) is 0.172. The monoisotopic (exact) mass is 311 g/mol. The standard InChI is InChI=1S/C14H21N3O3S/c1-9-11(12(21-2)16-14(20)15-9)13(19)17-7-3-5-10(17)6-4-8-18/h10,18H,3-8H2,1-2H3,(H,15,16,20). The van der Waals surface area contributed by atoms with Crippen LogP contribution in [0, 0.1) is 6.92 Å². The van der Waals surface area contributed by atoms with Crippen LogP contribution in [-0.2, 0) is 0 Å². The molecule has 0 aliphatic carbocycles. The summed E-state index contributed by atoms with van der Waals surface area (Å²) in [5.74, 6) is -0.0685. The predicted octanol–water partition coefficient (Wildman–Crippen LogP) is 1.18. The Kier molecular flexibility index (Phi) is 5.41. The van der Waals surface area contributed by atoms with E-state index in [1.807, 2.05) is 11.2 Å². The largest absolute Gasteiger partial charge is 0.396 e. The van der Waals surface area contributed by atoms with Crippen molar-refractivity contribution in [3.63, 3.8) is 0 Å². The zero-order valence-corrected chi connectivity index (χ0v) is 13.2. The Morgan fingerprint density at radius 1 is 1.57 bits per heavy atom. The highest BCUT2D eigenvalue weighted by Gasteiger charge is 2.31. The minimum absolute atomic E-state index is 0.0685. The maximum absolute atomic E-state index is 12.8. The predicted molar refractivity (Wildman–Crippen MR) is 81.8 cm³/mol. The number of aryl methyl sites for hydroxylation is 1. The average Bonchev–Trinajstić information content (AvgIpc) is 2.91. The number of nitrogens with one attached hydrogen (secondary N) is 1.